The van der Waals surface area contributed by atoms with Gasteiger partial charge in [0, 0.05) is 10.5 Å². The summed E-state index contributed by atoms with van der Waals surface area (Å²) in [5, 5.41) is 22.5. The zero-order valence-corrected chi connectivity index (χ0v) is 13.0. The third-order valence-corrected chi connectivity index (χ3v) is 5.28. The molecule has 0 radical (unpaired) electrons. The standard InChI is InChI=1S/2C6H5OS.Ca/c2*7-6-4-2-1-3-5(6)8-6;/h2*1-5H;/q2*-1;+2. The monoisotopic (exact) mass is 290 g/mol. The molecule has 0 spiro atoms. The molecular weight excluding hydrogens is 280 g/mol. The van der Waals surface area contributed by atoms with Gasteiger partial charge in [0.2, 0.25) is 0 Å². The molecule has 0 amide bonds. The zero-order valence-electron chi connectivity index (χ0n) is 9.11. The Bertz CT molecular complexity index is 392. The minimum atomic E-state index is -0.755. The smallest absolute Gasteiger partial charge is 0.837 e. The van der Waals surface area contributed by atoms with Crippen LogP contribution in [0.2, 0.25) is 0 Å². The van der Waals surface area contributed by atoms with Gasteiger partial charge in [-0.3, -0.25) is 0 Å². The minimum absolute atomic E-state index is 0. The Morgan fingerprint density at radius 2 is 1.18 bits per heavy atom. The van der Waals surface area contributed by atoms with E-state index < -0.39 is 9.87 Å². The molecule has 2 aliphatic carbocycles. The largest absolute Gasteiger partial charge is 2.00 e. The Hall–Kier alpha value is 0.840. The van der Waals surface area contributed by atoms with Crippen molar-refractivity contribution in [2.45, 2.75) is 20.4 Å². The van der Waals surface area contributed by atoms with Crippen LogP contribution in [0.5, 0.6) is 0 Å². The van der Waals surface area contributed by atoms with E-state index in [2.05, 4.69) is 0 Å². The molecule has 2 nitrogen and oxygen atoms in total. The SMILES string of the molecule is [Ca+2].[O-]C12C=CC=CC1S2.[O-]C12C=CC=CC1S2. The van der Waals surface area contributed by atoms with Gasteiger partial charge in [-0.05, 0) is 9.87 Å². The van der Waals surface area contributed by atoms with Crippen LogP contribution in [0.25, 0.3) is 0 Å². The first kappa shape index (κ1) is 14.3. The number of rotatable bonds is 0. The molecule has 2 heterocycles. The molecule has 0 aromatic heterocycles. The molecule has 0 aromatic rings. The van der Waals surface area contributed by atoms with Crippen LogP contribution >= 0.6 is 23.5 Å². The molecule has 0 bridgehead atoms. The molecule has 0 saturated carbocycles. The maximum absolute atomic E-state index is 11.0. The molecule has 84 valence electrons. The van der Waals surface area contributed by atoms with Gasteiger partial charge < -0.3 is 10.2 Å². The van der Waals surface area contributed by atoms with Crippen molar-refractivity contribution in [1.29, 1.82) is 0 Å². The zero-order chi connectivity index (χ0) is 11.2. The molecule has 17 heavy (non-hydrogen) atoms. The van der Waals surface area contributed by atoms with Crippen molar-refractivity contribution in [1.82, 2.24) is 0 Å². The van der Waals surface area contributed by atoms with Crippen LogP contribution in [-0.4, -0.2) is 58.1 Å². The van der Waals surface area contributed by atoms with Crippen LogP contribution in [0.15, 0.2) is 48.6 Å². The van der Waals surface area contributed by atoms with E-state index in [-0.39, 0.29) is 48.2 Å². The fraction of sp³-hybridized carbons (Fsp3) is 0.333. The van der Waals surface area contributed by atoms with Gasteiger partial charge in [0.05, 0.1) is 0 Å². The third kappa shape index (κ3) is 3.06. The van der Waals surface area contributed by atoms with Gasteiger partial charge in [0.25, 0.3) is 0 Å². The number of fused-ring (bicyclic) bond motifs is 2. The fourth-order valence-corrected chi connectivity index (χ4v) is 3.28. The molecule has 5 heteroatoms. The Labute approximate surface area is 139 Å². The Morgan fingerprint density at radius 3 is 1.41 bits per heavy atom. The Balaban J connectivity index is 0.000000120. The molecular formula is C12H10CaO2S2. The summed E-state index contributed by atoms with van der Waals surface area (Å²) in [4.78, 5) is -1.51. The average molecular weight is 290 g/mol. The van der Waals surface area contributed by atoms with Crippen LogP contribution in [-0.2, 0) is 0 Å². The Kier molecular flexibility index (Phi) is 4.26. The van der Waals surface area contributed by atoms with Gasteiger partial charge in [-0.1, -0.05) is 48.6 Å². The molecule has 4 unspecified atom stereocenters. The van der Waals surface area contributed by atoms with Gasteiger partial charge in [-0.2, -0.15) is 23.5 Å². The van der Waals surface area contributed by atoms with E-state index in [0.29, 0.717) is 0 Å². The van der Waals surface area contributed by atoms with E-state index in [9.17, 15) is 10.2 Å². The van der Waals surface area contributed by atoms with Gasteiger partial charge in [-0.15, -0.1) is 0 Å². The maximum atomic E-state index is 11.0. The molecule has 2 aliphatic heterocycles. The average Bonchev–Trinajstić information content (AvgIpc) is 3.10. The van der Waals surface area contributed by atoms with Crippen molar-refractivity contribution in [3.05, 3.63) is 48.6 Å². The molecule has 0 N–H and O–H groups in total. The number of hydrogen-bond donors (Lipinski definition) is 0. The van der Waals surface area contributed by atoms with Gasteiger partial charge >= 0.3 is 37.7 Å². The van der Waals surface area contributed by atoms with E-state index in [0.717, 1.165) is 0 Å². The fourth-order valence-electron chi connectivity index (χ4n) is 1.65. The first-order chi connectivity index (χ1) is 7.62. The summed E-state index contributed by atoms with van der Waals surface area (Å²) in [6.45, 7) is 0. The van der Waals surface area contributed by atoms with Gasteiger partial charge in [-0.25, -0.2) is 0 Å². The summed E-state index contributed by atoms with van der Waals surface area (Å²) >= 11 is 2.94. The second-order valence-corrected chi connectivity index (χ2v) is 6.77. The third-order valence-electron chi connectivity index (χ3n) is 2.75. The molecule has 4 rings (SSSR count). The molecule has 4 aliphatic rings. The quantitative estimate of drug-likeness (QED) is 0.472. The summed E-state index contributed by atoms with van der Waals surface area (Å²) in [5.74, 6) is 0. The van der Waals surface area contributed by atoms with Crippen molar-refractivity contribution >= 4 is 61.3 Å². The first-order valence-corrected chi connectivity index (χ1v) is 6.87. The predicted octanol–water partition coefficient (Wildman–Crippen LogP) is 0.188. The van der Waals surface area contributed by atoms with Crippen LogP contribution < -0.4 is 10.2 Å². The van der Waals surface area contributed by atoms with Crippen LogP contribution in [0, 0.1) is 0 Å². The van der Waals surface area contributed by atoms with Crippen molar-refractivity contribution in [3.63, 3.8) is 0 Å². The normalized spacial score (nSPS) is 46.0. The number of allylic oxidation sites excluding steroid dienone is 4. The maximum Gasteiger partial charge on any atom is 2.00 e. The van der Waals surface area contributed by atoms with E-state index in [1.165, 1.54) is 23.5 Å². The first-order valence-electron chi connectivity index (χ1n) is 5.11. The van der Waals surface area contributed by atoms with Crippen molar-refractivity contribution in [3.8, 4) is 0 Å². The number of thioether (sulfide) groups is 2. The van der Waals surface area contributed by atoms with Crippen molar-refractivity contribution < 1.29 is 10.2 Å². The summed E-state index contributed by atoms with van der Waals surface area (Å²) in [7, 11) is 0. The molecule has 2 fully saturated rings. The topological polar surface area (TPSA) is 46.1 Å². The van der Waals surface area contributed by atoms with Crippen molar-refractivity contribution in [2.75, 3.05) is 0 Å². The summed E-state index contributed by atoms with van der Waals surface area (Å²) in [6.07, 6.45) is 14.9. The summed E-state index contributed by atoms with van der Waals surface area (Å²) in [5.41, 5.74) is 0. The minimum Gasteiger partial charge on any atom is -0.837 e. The van der Waals surface area contributed by atoms with E-state index >= 15 is 0 Å². The molecule has 4 atom stereocenters. The second kappa shape index (κ2) is 5.08. The van der Waals surface area contributed by atoms with Gasteiger partial charge in [0.1, 0.15) is 0 Å². The molecule has 2 saturated heterocycles. The summed E-state index contributed by atoms with van der Waals surface area (Å²) < 4.78 is 0. The van der Waals surface area contributed by atoms with Crippen LogP contribution in [0.4, 0.5) is 0 Å². The summed E-state index contributed by atoms with van der Waals surface area (Å²) in [6, 6.07) is 0. The van der Waals surface area contributed by atoms with E-state index in [1.807, 2.05) is 36.5 Å². The number of hydrogen-bond acceptors (Lipinski definition) is 4. The predicted molar refractivity (Wildman–Crippen MR) is 70.5 cm³/mol. The van der Waals surface area contributed by atoms with E-state index in [1.54, 1.807) is 12.2 Å². The molecule has 0 aromatic carbocycles. The van der Waals surface area contributed by atoms with Crippen LogP contribution in [0.1, 0.15) is 0 Å². The van der Waals surface area contributed by atoms with Crippen molar-refractivity contribution in [2.24, 2.45) is 0 Å². The Morgan fingerprint density at radius 1 is 0.765 bits per heavy atom. The van der Waals surface area contributed by atoms with E-state index in [4.69, 9.17) is 0 Å². The van der Waals surface area contributed by atoms with Gasteiger partial charge in [0.15, 0.2) is 0 Å². The van der Waals surface area contributed by atoms with Crippen LogP contribution in [0.3, 0.4) is 0 Å². The second-order valence-electron chi connectivity index (χ2n) is 4.01.